The zero-order valence-corrected chi connectivity index (χ0v) is 10.8. The van der Waals surface area contributed by atoms with Crippen molar-refractivity contribution in [2.75, 3.05) is 24.7 Å². The van der Waals surface area contributed by atoms with E-state index in [1.165, 1.54) is 12.8 Å². The first-order valence-electron chi connectivity index (χ1n) is 6.59. The number of hydrogen-bond donors (Lipinski definition) is 0. The number of hydrogen-bond acceptors (Lipinski definition) is 3. The third-order valence-corrected chi connectivity index (χ3v) is 3.06. The molecule has 1 aromatic carbocycles. The fourth-order valence-electron chi connectivity index (χ4n) is 2.11. The lowest BCUT2D eigenvalue weighted by Crippen LogP contribution is -2.44. The number of amides is 1. The van der Waals surface area contributed by atoms with Crippen molar-refractivity contribution in [1.82, 2.24) is 5.01 Å². The molecular weight excluding hydrogens is 228 g/mol. The van der Waals surface area contributed by atoms with Gasteiger partial charge in [0, 0.05) is 6.54 Å². The second-order valence-corrected chi connectivity index (χ2v) is 4.40. The van der Waals surface area contributed by atoms with Gasteiger partial charge < -0.3 is 4.74 Å². The van der Waals surface area contributed by atoms with Crippen LogP contribution in [0.15, 0.2) is 30.3 Å². The molecule has 0 saturated carbocycles. The van der Waals surface area contributed by atoms with Gasteiger partial charge >= 0.3 is 6.09 Å². The fourth-order valence-corrected chi connectivity index (χ4v) is 2.11. The van der Waals surface area contributed by atoms with Crippen molar-refractivity contribution >= 4 is 11.8 Å². The number of ether oxygens (including phenoxy) is 1. The van der Waals surface area contributed by atoms with E-state index in [4.69, 9.17) is 4.74 Å². The van der Waals surface area contributed by atoms with Crippen molar-refractivity contribution in [3.8, 4) is 0 Å². The third kappa shape index (κ3) is 2.94. The summed E-state index contributed by atoms with van der Waals surface area (Å²) in [5.41, 5.74) is 1.05. The molecule has 1 amide bonds. The van der Waals surface area contributed by atoms with Gasteiger partial charge in [-0.05, 0) is 18.6 Å². The molecule has 1 aliphatic rings. The molecular formula is C14H20N2O2. The summed E-state index contributed by atoms with van der Waals surface area (Å²) in [6, 6.07) is 10.0. The van der Waals surface area contributed by atoms with E-state index in [0.29, 0.717) is 13.2 Å². The molecule has 1 saturated heterocycles. The Morgan fingerprint density at radius 1 is 1.28 bits per heavy atom. The highest BCUT2D eigenvalue weighted by Crippen LogP contribution is 2.19. The van der Waals surface area contributed by atoms with Crippen molar-refractivity contribution in [2.24, 2.45) is 0 Å². The molecule has 98 valence electrons. The maximum atomic E-state index is 11.7. The minimum Gasteiger partial charge on any atom is -0.446 e. The molecule has 2 rings (SSSR count). The summed E-state index contributed by atoms with van der Waals surface area (Å²) >= 11 is 0. The second kappa shape index (κ2) is 6.28. The highest BCUT2D eigenvalue weighted by atomic mass is 16.6. The average molecular weight is 248 g/mol. The molecule has 1 aliphatic heterocycles. The number of unbranched alkanes of at least 4 members (excludes halogenated alkanes) is 2. The number of hydrazine groups is 1. The fraction of sp³-hybridized carbons (Fsp3) is 0.500. The summed E-state index contributed by atoms with van der Waals surface area (Å²) in [5, 5.41) is 3.73. The van der Waals surface area contributed by atoms with Gasteiger partial charge in [-0.3, -0.25) is 5.01 Å². The number of carbonyl (C=O) groups is 1. The third-order valence-electron chi connectivity index (χ3n) is 3.06. The smallest absolute Gasteiger partial charge is 0.428 e. The summed E-state index contributed by atoms with van der Waals surface area (Å²) < 4.78 is 5.02. The van der Waals surface area contributed by atoms with E-state index in [9.17, 15) is 4.79 Å². The lowest BCUT2D eigenvalue weighted by molar-refractivity contribution is 0.155. The molecule has 0 spiro atoms. The van der Waals surface area contributed by atoms with Gasteiger partial charge in [0.2, 0.25) is 0 Å². The zero-order valence-electron chi connectivity index (χ0n) is 10.8. The van der Waals surface area contributed by atoms with E-state index in [0.717, 1.165) is 18.7 Å². The molecule has 0 radical (unpaired) electrons. The van der Waals surface area contributed by atoms with Crippen molar-refractivity contribution < 1.29 is 9.53 Å². The lowest BCUT2D eigenvalue weighted by Gasteiger charge is -2.31. The Morgan fingerprint density at radius 2 is 2.06 bits per heavy atom. The first-order chi connectivity index (χ1) is 8.83. The predicted molar refractivity (Wildman–Crippen MR) is 71.4 cm³/mol. The standard InChI is InChI=1S/C14H20N2O2/c1-2-3-7-10-15(13-8-5-4-6-9-13)16-11-12-18-14(16)17/h4-6,8-9H,2-3,7,10-12H2,1H3. The Labute approximate surface area is 108 Å². The van der Waals surface area contributed by atoms with E-state index in [1.54, 1.807) is 5.01 Å². The van der Waals surface area contributed by atoms with Gasteiger partial charge in [0.1, 0.15) is 6.61 Å². The van der Waals surface area contributed by atoms with Crippen molar-refractivity contribution in [3.63, 3.8) is 0 Å². The molecule has 0 bridgehead atoms. The van der Waals surface area contributed by atoms with E-state index >= 15 is 0 Å². The number of nitrogens with zero attached hydrogens (tertiary/aromatic N) is 2. The van der Waals surface area contributed by atoms with Gasteiger partial charge in [-0.15, -0.1) is 0 Å². The SMILES string of the molecule is CCCCCN(c1ccccc1)N1CCOC1=O. The van der Waals surface area contributed by atoms with Crippen molar-refractivity contribution in [3.05, 3.63) is 30.3 Å². The van der Waals surface area contributed by atoms with Crippen LogP contribution in [0.1, 0.15) is 26.2 Å². The largest absolute Gasteiger partial charge is 0.446 e. The van der Waals surface area contributed by atoms with Crippen LogP contribution in [0.2, 0.25) is 0 Å². The van der Waals surface area contributed by atoms with Crippen LogP contribution in [0.4, 0.5) is 10.5 Å². The van der Waals surface area contributed by atoms with Gasteiger partial charge in [-0.2, -0.15) is 0 Å². The Kier molecular flexibility index (Phi) is 4.45. The molecule has 0 N–H and O–H groups in total. The minimum atomic E-state index is -0.240. The summed E-state index contributed by atoms with van der Waals surface area (Å²) in [6.45, 7) is 4.15. The molecule has 4 heteroatoms. The summed E-state index contributed by atoms with van der Waals surface area (Å²) in [4.78, 5) is 11.7. The molecule has 18 heavy (non-hydrogen) atoms. The number of rotatable bonds is 6. The van der Waals surface area contributed by atoms with Crippen LogP contribution in [0.3, 0.4) is 0 Å². The maximum absolute atomic E-state index is 11.7. The maximum Gasteiger partial charge on any atom is 0.428 e. The highest BCUT2D eigenvalue weighted by molar-refractivity contribution is 5.72. The van der Waals surface area contributed by atoms with Crippen LogP contribution in [-0.2, 0) is 4.74 Å². The van der Waals surface area contributed by atoms with Crippen LogP contribution in [0, 0.1) is 0 Å². The summed E-state index contributed by atoms with van der Waals surface area (Å²) in [7, 11) is 0. The topological polar surface area (TPSA) is 32.8 Å². The van der Waals surface area contributed by atoms with E-state index < -0.39 is 0 Å². The van der Waals surface area contributed by atoms with Crippen LogP contribution in [-0.4, -0.2) is 30.8 Å². The number of benzene rings is 1. The van der Waals surface area contributed by atoms with Crippen LogP contribution in [0.25, 0.3) is 0 Å². The Bertz CT molecular complexity index is 381. The van der Waals surface area contributed by atoms with E-state index in [1.807, 2.05) is 35.3 Å². The van der Waals surface area contributed by atoms with Gasteiger partial charge in [0.25, 0.3) is 0 Å². The normalized spacial score (nSPS) is 14.7. The molecule has 1 fully saturated rings. The summed E-state index contributed by atoms with van der Waals surface area (Å²) in [5.74, 6) is 0. The molecule has 4 nitrogen and oxygen atoms in total. The molecule has 1 aromatic rings. The first-order valence-corrected chi connectivity index (χ1v) is 6.59. The number of anilines is 1. The molecule has 0 aromatic heterocycles. The molecule has 1 heterocycles. The quantitative estimate of drug-likeness (QED) is 0.725. The number of cyclic esters (lactones) is 1. The van der Waals surface area contributed by atoms with Crippen LogP contribution in [0.5, 0.6) is 0 Å². The monoisotopic (exact) mass is 248 g/mol. The predicted octanol–water partition coefficient (Wildman–Crippen LogP) is 3.05. The Hall–Kier alpha value is -1.71. The van der Waals surface area contributed by atoms with Crippen molar-refractivity contribution in [1.29, 1.82) is 0 Å². The Balaban J connectivity index is 2.09. The zero-order chi connectivity index (χ0) is 12.8. The van der Waals surface area contributed by atoms with Crippen LogP contribution >= 0.6 is 0 Å². The first kappa shape index (κ1) is 12.7. The molecule has 0 unspecified atom stereocenters. The van der Waals surface area contributed by atoms with Gasteiger partial charge in [-0.25, -0.2) is 9.80 Å². The van der Waals surface area contributed by atoms with Crippen molar-refractivity contribution in [2.45, 2.75) is 26.2 Å². The molecule has 0 atom stereocenters. The van der Waals surface area contributed by atoms with Gasteiger partial charge in [-0.1, -0.05) is 38.0 Å². The van der Waals surface area contributed by atoms with Gasteiger partial charge in [0.05, 0.1) is 12.2 Å². The van der Waals surface area contributed by atoms with Gasteiger partial charge in [0.15, 0.2) is 0 Å². The van der Waals surface area contributed by atoms with E-state index in [2.05, 4.69) is 6.92 Å². The number of carbonyl (C=O) groups excluding carboxylic acids is 1. The molecule has 0 aliphatic carbocycles. The summed E-state index contributed by atoms with van der Waals surface area (Å²) in [6.07, 6.45) is 3.18. The van der Waals surface area contributed by atoms with Crippen LogP contribution < -0.4 is 5.01 Å². The lowest BCUT2D eigenvalue weighted by atomic mass is 10.2. The number of para-hydroxylation sites is 1. The van der Waals surface area contributed by atoms with E-state index in [-0.39, 0.29) is 6.09 Å². The highest BCUT2D eigenvalue weighted by Gasteiger charge is 2.28. The average Bonchev–Trinajstić information content (AvgIpc) is 2.82. The Morgan fingerprint density at radius 3 is 2.67 bits per heavy atom. The second-order valence-electron chi connectivity index (χ2n) is 4.40. The minimum absolute atomic E-state index is 0.240.